The van der Waals surface area contributed by atoms with Crippen molar-refractivity contribution in [1.29, 1.82) is 0 Å². The molecule has 1 saturated heterocycles. The molecule has 0 aliphatic carbocycles. The van der Waals surface area contributed by atoms with E-state index >= 15 is 0 Å². The third-order valence-electron chi connectivity index (χ3n) is 1.88. The molecule has 0 radical (unpaired) electrons. The Bertz CT molecular complexity index is 228. The quantitative estimate of drug-likeness (QED) is 0.457. The van der Waals surface area contributed by atoms with Crippen LogP contribution in [-0.2, 0) is 0 Å². The van der Waals surface area contributed by atoms with Gasteiger partial charge in [0.2, 0.25) is 0 Å². The number of quaternary nitrogens is 1. The number of nitrogens with zero attached hydrogens (tertiary/aromatic N) is 1. The average molecular weight is 136 g/mol. The summed E-state index contributed by atoms with van der Waals surface area (Å²) in [4.78, 5) is 0. The van der Waals surface area contributed by atoms with Crippen molar-refractivity contribution in [2.75, 3.05) is 13.1 Å². The number of para-hydroxylation sites is 1. The Morgan fingerprint density at radius 1 is 1.10 bits per heavy atom. The molecule has 1 aliphatic heterocycles. The Morgan fingerprint density at radius 2 is 1.70 bits per heavy atom. The highest BCUT2D eigenvalue weighted by atomic mass is 16.6. The predicted octanol–water partition coefficient (Wildman–Crippen LogP) is 1.40. The van der Waals surface area contributed by atoms with Gasteiger partial charge in [0.1, 0.15) is 0 Å². The van der Waals surface area contributed by atoms with Gasteiger partial charge in [0.05, 0.1) is 0 Å². The molecule has 0 saturated carbocycles. The molecular weight excluding hydrogens is 126 g/mol. The molecule has 0 aromatic heterocycles. The average Bonchev–Trinajstić information content (AvgIpc) is 2.72. The monoisotopic (exact) mass is 136 g/mol. The van der Waals surface area contributed by atoms with Crippen LogP contribution in [0.15, 0.2) is 30.3 Å². The van der Waals surface area contributed by atoms with Crippen LogP contribution in [0.25, 0.3) is 0 Å². The van der Waals surface area contributed by atoms with E-state index in [0.717, 1.165) is 18.8 Å². The highest BCUT2D eigenvalue weighted by molar-refractivity contribution is 5.43. The van der Waals surface area contributed by atoms with Gasteiger partial charge in [-0.25, -0.2) is 5.21 Å². The van der Waals surface area contributed by atoms with E-state index in [2.05, 4.69) is 0 Å². The van der Waals surface area contributed by atoms with Crippen molar-refractivity contribution in [1.82, 2.24) is 4.65 Å². The largest absolute Gasteiger partial charge is 0.211 e. The fourth-order valence-electron chi connectivity index (χ4n) is 1.06. The van der Waals surface area contributed by atoms with E-state index < -0.39 is 0 Å². The lowest BCUT2D eigenvalue weighted by Gasteiger charge is -2.05. The van der Waals surface area contributed by atoms with Gasteiger partial charge in [0.15, 0.2) is 18.8 Å². The lowest BCUT2D eigenvalue weighted by atomic mass is 10.3. The summed E-state index contributed by atoms with van der Waals surface area (Å²) in [5.41, 5.74) is 1.00. The van der Waals surface area contributed by atoms with Crippen LogP contribution in [0.4, 0.5) is 5.69 Å². The van der Waals surface area contributed by atoms with E-state index in [9.17, 15) is 5.21 Å². The maximum atomic E-state index is 9.54. The molecule has 1 heterocycles. The van der Waals surface area contributed by atoms with Gasteiger partial charge < -0.3 is 0 Å². The second-order valence-corrected chi connectivity index (χ2v) is 2.71. The first-order valence-electron chi connectivity index (χ1n) is 3.47. The van der Waals surface area contributed by atoms with Crippen LogP contribution in [0.5, 0.6) is 0 Å². The van der Waals surface area contributed by atoms with Crippen molar-refractivity contribution < 1.29 is 5.21 Å². The number of hydrogen-bond donors (Lipinski definition) is 1. The van der Waals surface area contributed by atoms with Crippen molar-refractivity contribution in [2.45, 2.75) is 0 Å². The van der Waals surface area contributed by atoms with Crippen molar-refractivity contribution in [3.8, 4) is 0 Å². The van der Waals surface area contributed by atoms with Crippen molar-refractivity contribution in [3.63, 3.8) is 0 Å². The van der Waals surface area contributed by atoms with E-state index in [1.165, 1.54) is 0 Å². The summed E-state index contributed by atoms with van der Waals surface area (Å²) in [7, 11) is 0. The molecule has 0 spiro atoms. The molecule has 1 aliphatic rings. The Hall–Kier alpha value is -0.860. The zero-order valence-electron chi connectivity index (χ0n) is 5.70. The summed E-state index contributed by atoms with van der Waals surface area (Å²) >= 11 is 0. The summed E-state index contributed by atoms with van der Waals surface area (Å²) in [5, 5.41) is 9.54. The minimum absolute atomic E-state index is 0.140. The van der Waals surface area contributed by atoms with Gasteiger partial charge in [-0.15, -0.1) is 4.65 Å². The zero-order valence-corrected chi connectivity index (χ0v) is 5.70. The maximum Gasteiger partial charge on any atom is 0.167 e. The van der Waals surface area contributed by atoms with Crippen LogP contribution in [0.2, 0.25) is 0 Å². The molecule has 1 aromatic rings. The van der Waals surface area contributed by atoms with Crippen molar-refractivity contribution >= 4 is 5.69 Å². The number of rotatable bonds is 1. The van der Waals surface area contributed by atoms with E-state index in [0.29, 0.717) is 0 Å². The molecule has 1 N–H and O–H groups in total. The number of hydrogen-bond acceptors (Lipinski definition) is 1. The molecule has 10 heavy (non-hydrogen) atoms. The van der Waals surface area contributed by atoms with Crippen LogP contribution in [0.3, 0.4) is 0 Å². The predicted molar refractivity (Wildman–Crippen MR) is 39.8 cm³/mol. The van der Waals surface area contributed by atoms with Gasteiger partial charge in [0, 0.05) is 12.1 Å². The summed E-state index contributed by atoms with van der Waals surface area (Å²) in [6.07, 6.45) is 0. The minimum Gasteiger partial charge on any atom is -0.211 e. The lowest BCUT2D eigenvalue weighted by Crippen LogP contribution is -2.18. The lowest BCUT2D eigenvalue weighted by molar-refractivity contribution is 0.0412. The van der Waals surface area contributed by atoms with E-state index in [1.807, 2.05) is 30.3 Å². The smallest absolute Gasteiger partial charge is 0.167 e. The fraction of sp³-hybridized carbons (Fsp3) is 0.250. The molecule has 2 rings (SSSR count). The van der Waals surface area contributed by atoms with Crippen LogP contribution in [-0.4, -0.2) is 18.3 Å². The van der Waals surface area contributed by atoms with Gasteiger partial charge in [-0.3, -0.25) is 0 Å². The van der Waals surface area contributed by atoms with Gasteiger partial charge in [-0.2, -0.15) is 0 Å². The number of benzene rings is 1. The van der Waals surface area contributed by atoms with Crippen LogP contribution in [0, 0.1) is 0 Å². The molecule has 0 atom stereocenters. The Morgan fingerprint density at radius 3 is 2.20 bits per heavy atom. The highest BCUT2D eigenvalue weighted by Crippen LogP contribution is 2.27. The van der Waals surface area contributed by atoms with Gasteiger partial charge in [0.25, 0.3) is 0 Å². The summed E-state index contributed by atoms with van der Waals surface area (Å²) in [6, 6.07) is 9.76. The van der Waals surface area contributed by atoms with Gasteiger partial charge >= 0.3 is 0 Å². The first-order chi connectivity index (χ1) is 4.81. The maximum absolute atomic E-state index is 9.54. The molecular formula is C8H10NO+. The third-order valence-corrected chi connectivity index (χ3v) is 1.88. The second kappa shape index (κ2) is 1.81. The molecule has 1 fully saturated rings. The summed E-state index contributed by atoms with van der Waals surface area (Å²) < 4.78 is 0.140. The molecule has 0 unspecified atom stereocenters. The first kappa shape index (κ1) is 5.89. The zero-order chi connectivity index (χ0) is 7.03. The Kier molecular flexibility index (Phi) is 1.07. The standard InChI is InChI=1S/C8H10NO/c10-9(6-7-9)8-4-2-1-3-5-8/h1-5,10H,6-7H2/q+1. The summed E-state index contributed by atoms with van der Waals surface area (Å²) in [5.74, 6) is 0. The van der Waals surface area contributed by atoms with Crippen LogP contribution in [0.1, 0.15) is 0 Å². The van der Waals surface area contributed by atoms with Crippen molar-refractivity contribution in [2.24, 2.45) is 0 Å². The van der Waals surface area contributed by atoms with E-state index in [4.69, 9.17) is 0 Å². The molecule has 2 heteroatoms. The Balaban J connectivity index is 2.35. The van der Waals surface area contributed by atoms with E-state index in [-0.39, 0.29) is 4.65 Å². The molecule has 0 bridgehead atoms. The normalized spacial score (nSPS) is 20.5. The first-order valence-corrected chi connectivity index (χ1v) is 3.47. The van der Waals surface area contributed by atoms with Gasteiger partial charge in [-0.05, 0) is 0 Å². The molecule has 52 valence electrons. The van der Waals surface area contributed by atoms with Gasteiger partial charge in [-0.1, -0.05) is 18.2 Å². The minimum atomic E-state index is 0.140. The Labute approximate surface area is 59.9 Å². The van der Waals surface area contributed by atoms with E-state index in [1.54, 1.807) is 0 Å². The highest BCUT2D eigenvalue weighted by Gasteiger charge is 2.44. The molecule has 2 nitrogen and oxygen atoms in total. The number of hydroxylamine groups is 2. The second-order valence-electron chi connectivity index (χ2n) is 2.71. The SMILES string of the molecule is O[N+]1(c2ccccc2)CC1. The molecule has 1 aromatic carbocycles. The third kappa shape index (κ3) is 0.818. The topological polar surface area (TPSA) is 20.2 Å². The molecule has 0 amide bonds. The fourth-order valence-corrected chi connectivity index (χ4v) is 1.06. The van der Waals surface area contributed by atoms with Crippen molar-refractivity contribution in [3.05, 3.63) is 30.3 Å². The van der Waals surface area contributed by atoms with Crippen LogP contribution >= 0.6 is 0 Å². The van der Waals surface area contributed by atoms with Crippen LogP contribution < -0.4 is 4.65 Å². The summed E-state index contributed by atoms with van der Waals surface area (Å²) in [6.45, 7) is 1.73.